The molecule has 0 amide bonds. The number of hydrogen-bond acceptors (Lipinski definition) is 1. The zero-order valence-corrected chi connectivity index (χ0v) is 9.96. The van der Waals surface area contributed by atoms with Gasteiger partial charge in [-0.05, 0) is 57.3 Å². The van der Waals surface area contributed by atoms with Gasteiger partial charge in [-0.15, -0.1) is 0 Å². The molecule has 0 aromatic carbocycles. The molecule has 2 unspecified atom stereocenters. The molecule has 0 radical (unpaired) electrons. The number of epoxide rings is 1. The Morgan fingerprint density at radius 1 is 1.33 bits per heavy atom. The fourth-order valence-electron chi connectivity index (χ4n) is 3.77. The van der Waals surface area contributed by atoms with Crippen LogP contribution in [0.2, 0.25) is 0 Å². The van der Waals surface area contributed by atoms with Crippen molar-refractivity contribution in [2.75, 3.05) is 6.61 Å². The molecule has 1 nitrogen and oxygen atoms in total. The van der Waals surface area contributed by atoms with Gasteiger partial charge in [-0.2, -0.15) is 0 Å². The van der Waals surface area contributed by atoms with Gasteiger partial charge in [0.1, 0.15) is 0 Å². The molecule has 2 aliphatic carbocycles. The van der Waals surface area contributed by atoms with E-state index in [1.54, 1.807) is 5.57 Å². The molecule has 1 saturated carbocycles. The van der Waals surface area contributed by atoms with Crippen molar-refractivity contribution >= 4 is 0 Å². The fraction of sp³-hybridized carbons (Fsp3) is 0.857. The van der Waals surface area contributed by atoms with Crippen molar-refractivity contribution in [3.05, 3.63) is 11.6 Å². The van der Waals surface area contributed by atoms with Crippen molar-refractivity contribution in [2.24, 2.45) is 17.8 Å². The molecule has 1 aliphatic heterocycles. The SMILES string of the molecule is CC1=C[C@@H]2C(C3(C)CO3)CCC[C@@H]2CC1. The van der Waals surface area contributed by atoms with E-state index in [9.17, 15) is 0 Å². The van der Waals surface area contributed by atoms with E-state index in [2.05, 4.69) is 19.9 Å². The second kappa shape index (κ2) is 3.35. The maximum Gasteiger partial charge on any atom is 0.0922 e. The van der Waals surface area contributed by atoms with Crippen molar-refractivity contribution in [3.63, 3.8) is 0 Å². The topological polar surface area (TPSA) is 12.5 Å². The third-order valence-corrected chi connectivity index (χ3v) is 4.87. The monoisotopic (exact) mass is 206 g/mol. The zero-order chi connectivity index (χ0) is 10.5. The minimum atomic E-state index is 0.247. The molecule has 3 rings (SSSR count). The van der Waals surface area contributed by atoms with Gasteiger partial charge in [0, 0.05) is 0 Å². The Labute approximate surface area is 92.9 Å². The first-order valence-corrected chi connectivity index (χ1v) is 6.50. The predicted molar refractivity (Wildman–Crippen MR) is 61.7 cm³/mol. The van der Waals surface area contributed by atoms with Crippen LogP contribution in [0, 0.1) is 17.8 Å². The van der Waals surface area contributed by atoms with Crippen LogP contribution >= 0.6 is 0 Å². The Morgan fingerprint density at radius 3 is 2.87 bits per heavy atom. The molecule has 15 heavy (non-hydrogen) atoms. The van der Waals surface area contributed by atoms with Crippen molar-refractivity contribution in [3.8, 4) is 0 Å². The van der Waals surface area contributed by atoms with Crippen LogP contribution in [-0.4, -0.2) is 12.2 Å². The minimum absolute atomic E-state index is 0.247. The molecule has 3 aliphatic rings. The summed E-state index contributed by atoms with van der Waals surface area (Å²) in [5.74, 6) is 2.61. The quantitative estimate of drug-likeness (QED) is 0.472. The maximum absolute atomic E-state index is 5.69. The van der Waals surface area contributed by atoms with E-state index < -0.39 is 0 Å². The fourth-order valence-corrected chi connectivity index (χ4v) is 3.77. The highest BCUT2D eigenvalue weighted by atomic mass is 16.6. The second-order valence-corrected chi connectivity index (χ2v) is 6.03. The van der Waals surface area contributed by atoms with Crippen LogP contribution in [0.1, 0.15) is 46.0 Å². The second-order valence-electron chi connectivity index (χ2n) is 6.03. The lowest BCUT2D eigenvalue weighted by Gasteiger charge is -2.41. The maximum atomic E-state index is 5.69. The Kier molecular flexibility index (Phi) is 2.21. The van der Waals surface area contributed by atoms with Crippen LogP contribution in [0.15, 0.2) is 11.6 Å². The Bertz CT molecular complexity index is 288. The first kappa shape index (κ1) is 9.89. The highest BCUT2D eigenvalue weighted by Gasteiger charge is 2.52. The highest BCUT2D eigenvalue weighted by Crippen LogP contribution is 2.51. The molecular formula is C14H22O. The van der Waals surface area contributed by atoms with Crippen molar-refractivity contribution in [1.29, 1.82) is 0 Å². The molecular weight excluding hydrogens is 184 g/mol. The summed E-state index contributed by atoms with van der Waals surface area (Å²) >= 11 is 0. The van der Waals surface area contributed by atoms with E-state index in [-0.39, 0.29) is 5.60 Å². The molecule has 1 heteroatoms. The molecule has 0 aromatic heterocycles. The van der Waals surface area contributed by atoms with Gasteiger partial charge in [0.05, 0.1) is 12.2 Å². The smallest absolute Gasteiger partial charge is 0.0922 e. The molecule has 0 spiro atoms. The van der Waals surface area contributed by atoms with E-state index in [1.807, 2.05) is 0 Å². The number of rotatable bonds is 1. The molecule has 4 atom stereocenters. The summed E-state index contributed by atoms with van der Waals surface area (Å²) in [4.78, 5) is 0. The Hall–Kier alpha value is -0.300. The number of fused-ring (bicyclic) bond motifs is 1. The predicted octanol–water partition coefficient (Wildman–Crippen LogP) is 3.55. The summed E-state index contributed by atoms with van der Waals surface area (Å²) in [6.45, 7) is 5.63. The van der Waals surface area contributed by atoms with Gasteiger partial charge in [0.25, 0.3) is 0 Å². The lowest BCUT2D eigenvalue weighted by Crippen LogP contribution is -2.37. The van der Waals surface area contributed by atoms with E-state index >= 15 is 0 Å². The van der Waals surface area contributed by atoms with Crippen LogP contribution < -0.4 is 0 Å². The molecule has 2 fully saturated rings. The first-order chi connectivity index (χ1) is 7.19. The number of hydrogen-bond donors (Lipinski definition) is 0. The Balaban J connectivity index is 1.85. The van der Waals surface area contributed by atoms with Crippen molar-refractivity contribution in [2.45, 2.75) is 51.6 Å². The van der Waals surface area contributed by atoms with Gasteiger partial charge < -0.3 is 4.74 Å². The standard InChI is InChI=1S/C14H22O/c1-10-6-7-11-4-3-5-13(12(11)8-10)14(2)9-15-14/h8,11-13H,3-7,9H2,1-2H3/t11-,12+,13?,14?/m1/s1. The van der Waals surface area contributed by atoms with Gasteiger partial charge >= 0.3 is 0 Å². The highest BCUT2D eigenvalue weighted by molar-refractivity contribution is 5.13. The largest absolute Gasteiger partial charge is 0.370 e. The van der Waals surface area contributed by atoms with Crippen LogP contribution in [0.3, 0.4) is 0 Å². The third-order valence-electron chi connectivity index (χ3n) is 4.87. The normalized spacial score (nSPS) is 49.5. The number of ether oxygens (including phenoxy) is 1. The first-order valence-electron chi connectivity index (χ1n) is 6.50. The zero-order valence-electron chi connectivity index (χ0n) is 9.96. The molecule has 84 valence electrons. The van der Waals surface area contributed by atoms with E-state index in [0.717, 1.165) is 24.4 Å². The van der Waals surface area contributed by atoms with Gasteiger partial charge in [-0.3, -0.25) is 0 Å². The summed E-state index contributed by atoms with van der Waals surface area (Å²) in [7, 11) is 0. The van der Waals surface area contributed by atoms with Crippen LogP contribution in [0.25, 0.3) is 0 Å². The van der Waals surface area contributed by atoms with Crippen LogP contribution in [0.5, 0.6) is 0 Å². The Morgan fingerprint density at radius 2 is 2.13 bits per heavy atom. The molecule has 1 saturated heterocycles. The molecule has 1 heterocycles. The van der Waals surface area contributed by atoms with Gasteiger partial charge in [-0.1, -0.05) is 18.1 Å². The minimum Gasteiger partial charge on any atom is -0.370 e. The average molecular weight is 206 g/mol. The summed E-state index contributed by atoms with van der Waals surface area (Å²) in [6, 6.07) is 0. The van der Waals surface area contributed by atoms with E-state index in [1.165, 1.54) is 32.1 Å². The van der Waals surface area contributed by atoms with Gasteiger partial charge in [-0.25, -0.2) is 0 Å². The lowest BCUT2D eigenvalue weighted by atomic mass is 9.63. The summed E-state index contributed by atoms with van der Waals surface area (Å²) < 4.78 is 5.69. The van der Waals surface area contributed by atoms with E-state index in [0.29, 0.717) is 0 Å². The molecule has 0 N–H and O–H groups in total. The van der Waals surface area contributed by atoms with Crippen molar-refractivity contribution < 1.29 is 4.74 Å². The third kappa shape index (κ3) is 1.65. The van der Waals surface area contributed by atoms with Crippen molar-refractivity contribution in [1.82, 2.24) is 0 Å². The molecule has 0 aromatic rings. The van der Waals surface area contributed by atoms with Gasteiger partial charge in [0.15, 0.2) is 0 Å². The number of allylic oxidation sites excluding steroid dienone is 2. The lowest BCUT2D eigenvalue weighted by molar-refractivity contribution is 0.0993. The van der Waals surface area contributed by atoms with Crippen LogP contribution in [-0.2, 0) is 4.74 Å². The van der Waals surface area contributed by atoms with Crippen LogP contribution in [0.4, 0.5) is 0 Å². The summed E-state index contributed by atoms with van der Waals surface area (Å²) in [5, 5.41) is 0. The summed E-state index contributed by atoms with van der Waals surface area (Å²) in [6.07, 6.45) is 9.62. The van der Waals surface area contributed by atoms with Gasteiger partial charge in [0.2, 0.25) is 0 Å². The molecule has 0 bridgehead atoms. The van der Waals surface area contributed by atoms with E-state index in [4.69, 9.17) is 4.74 Å². The average Bonchev–Trinajstić information content (AvgIpc) is 2.96. The summed E-state index contributed by atoms with van der Waals surface area (Å²) in [5.41, 5.74) is 1.87.